The Hall–Kier alpha value is -0.643. The minimum atomic E-state index is -1.01. The summed E-state index contributed by atoms with van der Waals surface area (Å²) in [4.78, 5) is 21.9. The second-order valence-corrected chi connectivity index (χ2v) is 10.8. The molecular weight excluding hydrogens is 196 g/mol. The SMILES string of the molecule is C[Si](C)(C)CCCC1CC(=O)OC1=O. The van der Waals surface area contributed by atoms with Gasteiger partial charge in [-0.15, -0.1) is 0 Å². The van der Waals surface area contributed by atoms with E-state index < -0.39 is 8.07 Å². The highest BCUT2D eigenvalue weighted by molar-refractivity contribution is 6.76. The van der Waals surface area contributed by atoms with Gasteiger partial charge in [-0.1, -0.05) is 32.1 Å². The zero-order valence-electron chi connectivity index (χ0n) is 9.13. The van der Waals surface area contributed by atoms with E-state index >= 15 is 0 Å². The molecule has 1 atom stereocenters. The third-order valence-corrected chi connectivity index (χ3v) is 4.29. The number of ether oxygens (including phenoxy) is 1. The zero-order valence-corrected chi connectivity index (χ0v) is 10.1. The first-order chi connectivity index (χ1) is 6.38. The van der Waals surface area contributed by atoms with Gasteiger partial charge in [-0.3, -0.25) is 9.59 Å². The molecule has 4 heteroatoms. The number of esters is 2. The molecule has 0 radical (unpaired) electrons. The molecule has 14 heavy (non-hydrogen) atoms. The van der Waals surface area contributed by atoms with Crippen LogP contribution >= 0.6 is 0 Å². The predicted molar refractivity (Wildman–Crippen MR) is 56.6 cm³/mol. The molecule has 1 aliphatic rings. The van der Waals surface area contributed by atoms with Crippen molar-refractivity contribution in [2.75, 3.05) is 0 Å². The molecule has 1 aliphatic heterocycles. The average Bonchev–Trinajstić information content (AvgIpc) is 2.27. The summed E-state index contributed by atoms with van der Waals surface area (Å²) < 4.78 is 4.49. The third kappa shape index (κ3) is 3.62. The monoisotopic (exact) mass is 214 g/mol. The standard InChI is InChI=1S/C10H18O3Si/c1-14(2,3)6-4-5-8-7-9(11)13-10(8)12/h8H,4-7H2,1-3H3. The highest BCUT2D eigenvalue weighted by Crippen LogP contribution is 2.23. The van der Waals surface area contributed by atoms with Crippen molar-refractivity contribution in [3.8, 4) is 0 Å². The Morgan fingerprint density at radius 3 is 2.43 bits per heavy atom. The molecule has 0 aromatic rings. The Balaban J connectivity index is 2.26. The van der Waals surface area contributed by atoms with Gasteiger partial charge >= 0.3 is 11.9 Å². The number of carbonyl (C=O) groups excluding carboxylic acids is 2. The van der Waals surface area contributed by atoms with E-state index in [0.717, 1.165) is 12.8 Å². The summed E-state index contributed by atoms with van der Waals surface area (Å²) in [5.41, 5.74) is 0. The molecule has 0 amide bonds. The third-order valence-electron chi connectivity index (χ3n) is 2.44. The minimum absolute atomic E-state index is 0.154. The number of carbonyl (C=O) groups is 2. The van der Waals surface area contributed by atoms with Crippen LogP contribution in [-0.4, -0.2) is 20.0 Å². The van der Waals surface area contributed by atoms with Gasteiger partial charge in [0.05, 0.1) is 12.3 Å². The van der Waals surface area contributed by atoms with Gasteiger partial charge in [0.2, 0.25) is 0 Å². The van der Waals surface area contributed by atoms with E-state index in [1.54, 1.807) is 0 Å². The van der Waals surface area contributed by atoms with Gasteiger partial charge in [0, 0.05) is 8.07 Å². The van der Waals surface area contributed by atoms with Crippen LogP contribution in [0.3, 0.4) is 0 Å². The van der Waals surface area contributed by atoms with Gasteiger partial charge in [0.1, 0.15) is 0 Å². The Labute approximate surface area is 85.8 Å². The number of hydrogen-bond acceptors (Lipinski definition) is 3. The molecule has 0 saturated carbocycles. The highest BCUT2D eigenvalue weighted by atomic mass is 28.3. The molecule has 1 rings (SSSR count). The molecule has 0 spiro atoms. The minimum Gasteiger partial charge on any atom is -0.393 e. The van der Waals surface area contributed by atoms with Gasteiger partial charge in [0.15, 0.2) is 0 Å². The molecule has 80 valence electrons. The van der Waals surface area contributed by atoms with Crippen molar-refractivity contribution in [2.24, 2.45) is 5.92 Å². The lowest BCUT2D eigenvalue weighted by Gasteiger charge is -2.15. The fourth-order valence-corrected chi connectivity index (χ4v) is 2.89. The van der Waals surface area contributed by atoms with Crippen molar-refractivity contribution in [3.05, 3.63) is 0 Å². The lowest BCUT2D eigenvalue weighted by molar-refractivity contribution is -0.153. The fourth-order valence-electron chi connectivity index (χ4n) is 1.62. The summed E-state index contributed by atoms with van der Waals surface area (Å²) in [6.07, 6.45) is 2.15. The summed E-state index contributed by atoms with van der Waals surface area (Å²) in [7, 11) is -1.01. The molecule has 3 nitrogen and oxygen atoms in total. The zero-order chi connectivity index (χ0) is 10.8. The average molecular weight is 214 g/mol. The van der Waals surface area contributed by atoms with Crippen molar-refractivity contribution in [1.29, 1.82) is 0 Å². The van der Waals surface area contributed by atoms with Gasteiger partial charge in [-0.25, -0.2) is 0 Å². The van der Waals surface area contributed by atoms with Crippen LogP contribution in [0.2, 0.25) is 25.7 Å². The number of hydrogen-bond donors (Lipinski definition) is 0. The van der Waals surface area contributed by atoms with Crippen LogP contribution in [0.1, 0.15) is 19.3 Å². The van der Waals surface area contributed by atoms with E-state index in [1.165, 1.54) is 6.04 Å². The maximum atomic E-state index is 11.1. The van der Waals surface area contributed by atoms with Crippen molar-refractivity contribution >= 4 is 20.0 Å². The fraction of sp³-hybridized carbons (Fsp3) is 0.800. The van der Waals surface area contributed by atoms with E-state index in [4.69, 9.17) is 0 Å². The Bertz CT molecular complexity index is 242. The Morgan fingerprint density at radius 1 is 1.36 bits per heavy atom. The first kappa shape index (κ1) is 11.4. The number of rotatable bonds is 4. The van der Waals surface area contributed by atoms with Crippen molar-refractivity contribution in [2.45, 2.75) is 44.9 Å². The van der Waals surface area contributed by atoms with Gasteiger partial charge < -0.3 is 4.74 Å². The van der Waals surface area contributed by atoms with E-state index in [-0.39, 0.29) is 17.9 Å². The summed E-state index contributed by atoms with van der Waals surface area (Å²) in [5, 5.41) is 0. The van der Waals surface area contributed by atoms with E-state index in [2.05, 4.69) is 24.4 Å². The Morgan fingerprint density at radius 2 is 2.00 bits per heavy atom. The normalized spacial score (nSPS) is 22.6. The summed E-state index contributed by atoms with van der Waals surface area (Å²) in [6.45, 7) is 6.93. The van der Waals surface area contributed by atoms with Crippen LogP contribution in [0.25, 0.3) is 0 Å². The van der Waals surface area contributed by atoms with Crippen molar-refractivity contribution < 1.29 is 14.3 Å². The molecule has 1 fully saturated rings. The van der Waals surface area contributed by atoms with E-state index in [1.807, 2.05) is 0 Å². The largest absolute Gasteiger partial charge is 0.393 e. The summed E-state index contributed by atoms with van der Waals surface area (Å²) >= 11 is 0. The van der Waals surface area contributed by atoms with Crippen LogP contribution in [-0.2, 0) is 14.3 Å². The van der Waals surface area contributed by atoms with Gasteiger partial charge in [0.25, 0.3) is 0 Å². The lowest BCUT2D eigenvalue weighted by atomic mass is 10.0. The molecule has 0 aromatic heterocycles. The summed E-state index contributed by atoms with van der Waals surface area (Å²) in [6, 6.07) is 1.21. The van der Waals surface area contributed by atoms with Crippen LogP contribution in [0.15, 0.2) is 0 Å². The second kappa shape index (κ2) is 4.25. The quantitative estimate of drug-likeness (QED) is 0.409. The molecule has 0 bridgehead atoms. The second-order valence-electron chi connectivity index (χ2n) is 5.15. The van der Waals surface area contributed by atoms with Crippen LogP contribution in [0, 0.1) is 5.92 Å². The number of cyclic esters (lactones) is 2. The highest BCUT2D eigenvalue weighted by Gasteiger charge is 2.32. The van der Waals surface area contributed by atoms with Crippen molar-refractivity contribution in [1.82, 2.24) is 0 Å². The molecule has 1 unspecified atom stereocenters. The smallest absolute Gasteiger partial charge is 0.317 e. The lowest BCUT2D eigenvalue weighted by Crippen LogP contribution is -2.19. The topological polar surface area (TPSA) is 43.4 Å². The molecule has 1 heterocycles. The first-order valence-corrected chi connectivity index (χ1v) is 8.84. The molecule has 0 aromatic carbocycles. The summed E-state index contributed by atoms with van der Waals surface area (Å²) in [5.74, 6) is -0.822. The maximum Gasteiger partial charge on any atom is 0.317 e. The molecule has 1 saturated heterocycles. The molecule has 0 N–H and O–H groups in total. The van der Waals surface area contributed by atoms with Crippen molar-refractivity contribution in [3.63, 3.8) is 0 Å². The predicted octanol–water partition coefficient (Wildman–Crippen LogP) is 2.19. The first-order valence-electron chi connectivity index (χ1n) is 5.13. The van der Waals surface area contributed by atoms with Gasteiger partial charge in [-0.2, -0.15) is 0 Å². The van der Waals surface area contributed by atoms with Crippen LogP contribution in [0.4, 0.5) is 0 Å². The van der Waals surface area contributed by atoms with Crippen LogP contribution < -0.4 is 0 Å². The van der Waals surface area contributed by atoms with E-state index in [9.17, 15) is 9.59 Å². The van der Waals surface area contributed by atoms with E-state index in [0.29, 0.717) is 6.42 Å². The van der Waals surface area contributed by atoms with Crippen LogP contribution in [0.5, 0.6) is 0 Å². The maximum absolute atomic E-state index is 11.1. The van der Waals surface area contributed by atoms with Gasteiger partial charge in [-0.05, 0) is 6.42 Å². The molecular formula is C10H18O3Si. The Kier molecular flexibility index (Phi) is 3.47. The molecule has 0 aliphatic carbocycles.